The van der Waals surface area contributed by atoms with Crippen molar-refractivity contribution in [3.8, 4) is 5.75 Å². The number of carbonyl (C=O) groups is 1. The van der Waals surface area contributed by atoms with E-state index in [-0.39, 0.29) is 5.91 Å². The Morgan fingerprint density at radius 2 is 1.28 bits per heavy atom. The minimum atomic E-state index is -0.271. The predicted molar refractivity (Wildman–Crippen MR) is 99.0 cm³/mol. The number of hydrogen-bond donors (Lipinski definition) is 1. The van der Waals surface area contributed by atoms with Crippen LogP contribution in [0.3, 0.4) is 0 Å². The molecule has 1 N–H and O–H groups in total. The maximum absolute atomic E-state index is 12.4. The van der Waals surface area contributed by atoms with Crippen molar-refractivity contribution in [2.24, 2.45) is 5.10 Å². The third-order valence-electron chi connectivity index (χ3n) is 3.72. The van der Waals surface area contributed by atoms with E-state index in [0.717, 1.165) is 11.1 Å². The normalized spacial score (nSPS) is 9.96. The van der Waals surface area contributed by atoms with Gasteiger partial charge in [0.2, 0.25) is 0 Å². The Bertz CT molecular complexity index is 816. The maximum atomic E-state index is 12.4. The summed E-state index contributed by atoms with van der Waals surface area (Å²) in [5.74, 6) is 0.432. The summed E-state index contributed by atoms with van der Waals surface area (Å²) in [4.78, 5) is 12.4. The Morgan fingerprint density at radius 3 is 1.76 bits per heavy atom. The van der Waals surface area contributed by atoms with Crippen LogP contribution in [0.5, 0.6) is 5.75 Å². The van der Waals surface area contributed by atoms with E-state index in [1.54, 1.807) is 31.4 Å². The van der Waals surface area contributed by atoms with Crippen molar-refractivity contribution in [1.29, 1.82) is 0 Å². The molecule has 0 saturated carbocycles. The number of hydrogen-bond acceptors (Lipinski definition) is 3. The lowest BCUT2D eigenvalue weighted by atomic mass is 10.0. The third-order valence-corrected chi connectivity index (χ3v) is 3.72. The molecule has 0 radical (unpaired) electrons. The Balaban J connectivity index is 1.87. The van der Waals surface area contributed by atoms with Gasteiger partial charge in [0, 0.05) is 16.7 Å². The van der Waals surface area contributed by atoms with Crippen molar-refractivity contribution in [3.05, 3.63) is 102 Å². The Morgan fingerprint density at radius 1 is 0.760 bits per heavy atom. The summed E-state index contributed by atoms with van der Waals surface area (Å²) in [5, 5.41) is 4.37. The fourth-order valence-corrected chi connectivity index (χ4v) is 2.40. The lowest BCUT2D eigenvalue weighted by Gasteiger charge is -2.08. The van der Waals surface area contributed by atoms with Gasteiger partial charge in [0.05, 0.1) is 12.8 Å². The summed E-state index contributed by atoms with van der Waals surface area (Å²) in [7, 11) is 1.59. The van der Waals surface area contributed by atoms with Gasteiger partial charge in [-0.3, -0.25) is 4.79 Å². The van der Waals surface area contributed by atoms with Crippen molar-refractivity contribution in [2.45, 2.75) is 0 Å². The molecule has 124 valence electrons. The van der Waals surface area contributed by atoms with Crippen LogP contribution >= 0.6 is 0 Å². The molecule has 0 atom stereocenters. The van der Waals surface area contributed by atoms with Crippen LogP contribution in [0, 0.1) is 0 Å². The molecule has 1 amide bonds. The lowest BCUT2D eigenvalue weighted by molar-refractivity contribution is 0.0955. The quantitative estimate of drug-likeness (QED) is 0.570. The highest BCUT2D eigenvalue weighted by Gasteiger charge is 2.09. The lowest BCUT2D eigenvalue weighted by Crippen LogP contribution is -2.20. The van der Waals surface area contributed by atoms with Gasteiger partial charge in [0.15, 0.2) is 0 Å². The van der Waals surface area contributed by atoms with Crippen LogP contribution in [-0.2, 0) is 0 Å². The molecule has 3 aromatic rings. The van der Waals surface area contributed by atoms with Crippen LogP contribution < -0.4 is 10.2 Å². The smallest absolute Gasteiger partial charge is 0.271 e. The zero-order chi connectivity index (χ0) is 17.5. The van der Waals surface area contributed by atoms with Crippen LogP contribution in [0.1, 0.15) is 21.5 Å². The minimum absolute atomic E-state index is 0.271. The van der Waals surface area contributed by atoms with Gasteiger partial charge in [-0.1, -0.05) is 60.7 Å². The maximum Gasteiger partial charge on any atom is 0.271 e. The van der Waals surface area contributed by atoms with E-state index in [1.165, 1.54) is 0 Å². The monoisotopic (exact) mass is 330 g/mol. The van der Waals surface area contributed by atoms with Crippen molar-refractivity contribution >= 4 is 11.6 Å². The zero-order valence-electron chi connectivity index (χ0n) is 13.8. The molecule has 4 nitrogen and oxygen atoms in total. The van der Waals surface area contributed by atoms with E-state index in [9.17, 15) is 4.79 Å². The van der Waals surface area contributed by atoms with E-state index >= 15 is 0 Å². The molecule has 3 aromatic carbocycles. The number of ether oxygens (including phenoxy) is 1. The zero-order valence-corrected chi connectivity index (χ0v) is 13.8. The highest BCUT2D eigenvalue weighted by Crippen LogP contribution is 2.12. The molecule has 0 aliphatic rings. The number of methoxy groups -OCH3 is 1. The molecular weight excluding hydrogens is 312 g/mol. The highest BCUT2D eigenvalue weighted by atomic mass is 16.5. The number of amides is 1. The molecule has 25 heavy (non-hydrogen) atoms. The first-order chi connectivity index (χ1) is 12.3. The van der Waals surface area contributed by atoms with E-state index in [1.807, 2.05) is 60.7 Å². The molecule has 0 fully saturated rings. The summed E-state index contributed by atoms with van der Waals surface area (Å²) in [6.45, 7) is 0. The van der Waals surface area contributed by atoms with Crippen LogP contribution in [0.4, 0.5) is 0 Å². The summed E-state index contributed by atoms with van der Waals surface area (Å²) < 4.78 is 5.10. The van der Waals surface area contributed by atoms with Crippen LogP contribution in [0.25, 0.3) is 0 Å². The van der Waals surface area contributed by atoms with Crippen LogP contribution in [0.2, 0.25) is 0 Å². The van der Waals surface area contributed by atoms with E-state index in [4.69, 9.17) is 4.74 Å². The highest BCUT2D eigenvalue weighted by molar-refractivity contribution is 6.13. The first kappa shape index (κ1) is 16.5. The predicted octanol–water partition coefficient (Wildman–Crippen LogP) is 3.88. The van der Waals surface area contributed by atoms with Gasteiger partial charge in [-0.25, -0.2) is 5.43 Å². The number of benzene rings is 3. The van der Waals surface area contributed by atoms with Gasteiger partial charge < -0.3 is 4.74 Å². The summed E-state index contributed by atoms with van der Waals surface area (Å²) in [6, 6.07) is 26.4. The fraction of sp³-hybridized carbons (Fsp3) is 0.0476. The van der Waals surface area contributed by atoms with Gasteiger partial charge in [-0.2, -0.15) is 5.10 Å². The van der Waals surface area contributed by atoms with Crippen molar-refractivity contribution in [3.63, 3.8) is 0 Å². The standard InChI is InChI=1S/C21H18N2O2/c1-25-19-14-12-18(13-15-19)21(24)23-22-20(16-8-4-2-5-9-16)17-10-6-3-7-11-17/h2-15H,1H3,(H,23,24). The molecule has 0 aromatic heterocycles. The number of nitrogens with one attached hydrogen (secondary N) is 1. The van der Waals surface area contributed by atoms with Crippen molar-refractivity contribution in [2.75, 3.05) is 7.11 Å². The molecule has 0 spiro atoms. The third kappa shape index (κ3) is 4.12. The van der Waals surface area contributed by atoms with E-state index in [0.29, 0.717) is 17.0 Å². The summed E-state index contributed by atoms with van der Waals surface area (Å²) >= 11 is 0. The minimum Gasteiger partial charge on any atom is -0.497 e. The average molecular weight is 330 g/mol. The molecule has 4 heteroatoms. The second kappa shape index (κ2) is 7.93. The molecule has 0 bridgehead atoms. The topological polar surface area (TPSA) is 50.7 Å². The summed E-state index contributed by atoms with van der Waals surface area (Å²) in [5.41, 5.74) is 5.74. The van der Waals surface area contributed by atoms with Crippen molar-refractivity contribution in [1.82, 2.24) is 5.43 Å². The number of carbonyl (C=O) groups excluding carboxylic acids is 1. The van der Waals surface area contributed by atoms with Gasteiger partial charge >= 0.3 is 0 Å². The molecule has 0 aliphatic carbocycles. The summed E-state index contributed by atoms with van der Waals surface area (Å²) in [6.07, 6.45) is 0. The van der Waals surface area contributed by atoms with E-state index < -0.39 is 0 Å². The molecular formula is C21H18N2O2. The van der Waals surface area contributed by atoms with Gasteiger partial charge in [0.1, 0.15) is 5.75 Å². The fourth-order valence-electron chi connectivity index (χ4n) is 2.40. The molecule has 0 unspecified atom stereocenters. The first-order valence-electron chi connectivity index (χ1n) is 7.91. The van der Waals surface area contributed by atoms with Gasteiger partial charge in [-0.05, 0) is 24.3 Å². The van der Waals surface area contributed by atoms with Gasteiger partial charge in [-0.15, -0.1) is 0 Å². The number of rotatable bonds is 5. The molecule has 0 saturated heterocycles. The molecule has 3 rings (SSSR count). The second-order valence-corrected chi connectivity index (χ2v) is 5.36. The Labute approximate surface area is 146 Å². The van der Waals surface area contributed by atoms with E-state index in [2.05, 4.69) is 10.5 Å². The molecule has 0 aliphatic heterocycles. The second-order valence-electron chi connectivity index (χ2n) is 5.36. The number of nitrogens with zero attached hydrogens (tertiary/aromatic N) is 1. The number of hydrazone groups is 1. The SMILES string of the molecule is COc1ccc(C(=O)NN=C(c2ccccc2)c2ccccc2)cc1. The Kier molecular flexibility index (Phi) is 5.22. The van der Waals surface area contributed by atoms with Gasteiger partial charge in [0.25, 0.3) is 5.91 Å². The van der Waals surface area contributed by atoms with Crippen LogP contribution in [-0.4, -0.2) is 18.7 Å². The Hall–Kier alpha value is -3.40. The molecule has 0 heterocycles. The largest absolute Gasteiger partial charge is 0.497 e. The van der Waals surface area contributed by atoms with Crippen LogP contribution in [0.15, 0.2) is 90.0 Å². The first-order valence-corrected chi connectivity index (χ1v) is 7.91. The van der Waals surface area contributed by atoms with Crippen molar-refractivity contribution < 1.29 is 9.53 Å². The average Bonchev–Trinajstić information content (AvgIpc) is 2.70.